The summed E-state index contributed by atoms with van der Waals surface area (Å²) in [4.78, 5) is 18.8. The highest BCUT2D eigenvalue weighted by Gasteiger charge is 2.24. The number of hydrogen-bond acceptors (Lipinski definition) is 3. The molecular weight excluding hydrogens is 340 g/mol. The first-order valence-corrected chi connectivity index (χ1v) is 10.2. The van der Waals surface area contributed by atoms with Gasteiger partial charge in [0.1, 0.15) is 5.75 Å². The number of hydrogen-bond donors (Lipinski definition) is 2. The van der Waals surface area contributed by atoms with Crippen molar-refractivity contribution in [2.45, 2.75) is 52.0 Å². The zero-order valence-corrected chi connectivity index (χ0v) is 16.5. The van der Waals surface area contributed by atoms with Crippen molar-refractivity contribution < 1.29 is 9.53 Å². The number of carbonyl (C=O) groups is 1. The van der Waals surface area contributed by atoms with Gasteiger partial charge in [0.25, 0.3) is 5.91 Å². The summed E-state index contributed by atoms with van der Waals surface area (Å²) in [7, 11) is 0. The minimum Gasteiger partial charge on any atom is -0.482 e. The molecule has 0 bridgehead atoms. The highest BCUT2D eigenvalue weighted by Crippen LogP contribution is 2.31. The number of fused-ring (bicyclic) bond motifs is 1. The Kier molecular flexibility index (Phi) is 6.96. The summed E-state index contributed by atoms with van der Waals surface area (Å²) in [6, 6.07) is 8.22. The largest absolute Gasteiger partial charge is 0.482 e. The number of guanidine groups is 1. The van der Waals surface area contributed by atoms with E-state index in [1.165, 1.54) is 25.7 Å². The number of amides is 1. The highest BCUT2D eigenvalue weighted by atomic mass is 16.5. The molecule has 2 atom stereocenters. The maximum atomic E-state index is 12.2. The summed E-state index contributed by atoms with van der Waals surface area (Å²) < 4.78 is 5.50. The van der Waals surface area contributed by atoms with Gasteiger partial charge in [-0.3, -0.25) is 9.79 Å². The van der Waals surface area contributed by atoms with Gasteiger partial charge in [0, 0.05) is 25.7 Å². The van der Waals surface area contributed by atoms with Crippen molar-refractivity contribution in [1.82, 2.24) is 10.6 Å². The van der Waals surface area contributed by atoms with Crippen LogP contribution in [0.5, 0.6) is 5.75 Å². The molecule has 1 amide bonds. The Bertz CT molecular complexity index is 661. The van der Waals surface area contributed by atoms with Crippen LogP contribution in [0.15, 0.2) is 29.3 Å². The maximum Gasteiger partial charge on any atom is 0.265 e. The Morgan fingerprint density at radius 1 is 1.33 bits per heavy atom. The van der Waals surface area contributed by atoms with Gasteiger partial charge in [-0.1, -0.05) is 31.9 Å². The van der Waals surface area contributed by atoms with Gasteiger partial charge in [0.05, 0.1) is 5.69 Å². The SMILES string of the molecule is CCNC(=NCCCN1C(=O)COc2ccccc21)NC1CCCC(C)C1. The number of para-hydroxylation sites is 2. The van der Waals surface area contributed by atoms with Crippen LogP contribution >= 0.6 is 0 Å². The third kappa shape index (κ3) is 5.37. The van der Waals surface area contributed by atoms with Gasteiger partial charge in [-0.15, -0.1) is 0 Å². The van der Waals surface area contributed by atoms with Crippen LogP contribution in [-0.4, -0.2) is 44.1 Å². The van der Waals surface area contributed by atoms with E-state index in [9.17, 15) is 4.79 Å². The topological polar surface area (TPSA) is 66.0 Å². The summed E-state index contributed by atoms with van der Waals surface area (Å²) in [6.45, 7) is 6.72. The zero-order chi connectivity index (χ0) is 19.1. The lowest BCUT2D eigenvalue weighted by atomic mass is 9.87. The van der Waals surface area contributed by atoms with Crippen LogP contribution in [0.3, 0.4) is 0 Å². The molecule has 0 saturated heterocycles. The van der Waals surface area contributed by atoms with E-state index in [1.54, 1.807) is 0 Å². The number of anilines is 1. The Morgan fingerprint density at radius 2 is 2.19 bits per heavy atom. The molecule has 1 fully saturated rings. The summed E-state index contributed by atoms with van der Waals surface area (Å²) in [5.74, 6) is 2.47. The lowest BCUT2D eigenvalue weighted by molar-refractivity contribution is -0.121. The minimum absolute atomic E-state index is 0.0129. The van der Waals surface area contributed by atoms with Gasteiger partial charge in [-0.25, -0.2) is 0 Å². The van der Waals surface area contributed by atoms with Gasteiger partial charge in [0.15, 0.2) is 12.6 Å². The van der Waals surface area contributed by atoms with Crippen molar-refractivity contribution in [3.63, 3.8) is 0 Å². The molecule has 6 nitrogen and oxygen atoms in total. The van der Waals surface area contributed by atoms with E-state index in [-0.39, 0.29) is 12.5 Å². The van der Waals surface area contributed by atoms with Crippen LogP contribution in [-0.2, 0) is 4.79 Å². The molecule has 0 radical (unpaired) electrons. The third-order valence-electron chi connectivity index (χ3n) is 5.24. The second-order valence-electron chi connectivity index (χ2n) is 7.53. The molecule has 1 aromatic carbocycles. The molecule has 3 rings (SSSR count). The second-order valence-corrected chi connectivity index (χ2v) is 7.53. The molecule has 1 aromatic rings. The van der Waals surface area contributed by atoms with Crippen LogP contribution in [0.4, 0.5) is 5.69 Å². The molecule has 1 aliphatic carbocycles. The monoisotopic (exact) mass is 372 g/mol. The fourth-order valence-electron chi connectivity index (χ4n) is 3.90. The van der Waals surface area contributed by atoms with Crippen molar-refractivity contribution in [3.8, 4) is 5.75 Å². The van der Waals surface area contributed by atoms with Gasteiger partial charge in [-0.2, -0.15) is 0 Å². The predicted octanol–water partition coefficient (Wildman–Crippen LogP) is 2.94. The molecule has 27 heavy (non-hydrogen) atoms. The van der Waals surface area contributed by atoms with Gasteiger partial charge < -0.3 is 20.3 Å². The number of carbonyl (C=O) groups excluding carboxylic acids is 1. The van der Waals surface area contributed by atoms with Gasteiger partial charge in [0.2, 0.25) is 0 Å². The number of aliphatic imine (C=N–C) groups is 1. The Labute approximate surface area is 162 Å². The predicted molar refractivity (Wildman–Crippen MR) is 109 cm³/mol. The molecule has 2 N–H and O–H groups in total. The molecule has 1 saturated carbocycles. The summed E-state index contributed by atoms with van der Waals surface area (Å²) >= 11 is 0. The Hall–Kier alpha value is -2.24. The standard InChI is InChI=1S/C21H32N4O2/c1-3-22-21(24-17-9-6-8-16(2)14-17)23-12-7-13-25-18-10-4-5-11-19(18)27-15-20(25)26/h4-5,10-11,16-17H,3,6-9,12-15H2,1-2H3,(H2,22,23,24). The van der Waals surface area contributed by atoms with Crippen LogP contribution in [0.2, 0.25) is 0 Å². The number of nitrogens with one attached hydrogen (secondary N) is 2. The third-order valence-corrected chi connectivity index (χ3v) is 5.24. The summed E-state index contributed by atoms with van der Waals surface area (Å²) in [6.07, 6.45) is 5.87. The van der Waals surface area contributed by atoms with E-state index in [0.29, 0.717) is 19.1 Å². The van der Waals surface area contributed by atoms with Crippen LogP contribution in [0.1, 0.15) is 46.0 Å². The fraction of sp³-hybridized carbons (Fsp3) is 0.619. The first-order valence-electron chi connectivity index (χ1n) is 10.2. The normalized spacial score (nSPS) is 22.8. The lowest BCUT2D eigenvalue weighted by Crippen LogP contribution is -2.45. The average Bonchev–Trinajstić information content (AvgIpc) is 2.66. The van der Waals surface area contributed by atoms with Crippen LogP contribution < -0.4 is 20.3 Å². The number of benzene rings is 1. The first-order chi connectivity index (χ1) is 13.2. The minimum atomic E-state index is 0.0129. The first kappa shape index (κ1) is 19.5. The van der Waals surface area contributed by atoms with Crippen molar-refractivity contribution in [2.75, 3.05) is 31.1 Å². The van der Waals surface area contributed by atoms with E-state index in [2.05, 4.69) is 24.5 Å². The van der Waals surface area contributed by atoms with Crippen LogP contribution in [0, 0.1) is 5.92 Å². The van der Waals surface area contributed by atoms with Crippen molar-refractivity contribution in [3.05, 3.63) is 24.3 Å². The highest BCUT2D eigenvalue weighted by molar-refractivity contribution is 5.97. The van der Waals surface area contributed by atoms with Gasteiger partial charge in [-0.05, 0) is 44.2 Å². The van der Waals surface area contributed by atoms with E-state index in [1.807, 2.05) is 29.2 Å². The van der Waals surface area contributed by atoms with E-state index in [0.717, 1.165) is 36.3 Å². The Balaban J connectivity index is 1.52. The quantitative estimate of drug-likeness (QED) is 0.458. The van der Waals surface area contributed by atoms with Crippen molar-refractivity contribution in [2.24, 2.45) is 10.9 Å². The smallest absolute Gasteiger partial charge is 0.265 e. The van der Waals surface area contributed by atoms with Crippen molar-refractivity contribution >= 4 is 17.6 Å². The molecule has 2 unspecified atom stereocenters. The number of nitrogens with zero attached hydrogens (tertiary/aromatic N) is 2. The Morgan fingerprint density at radius 3 is 3.00 bits per heavy atom. The zero-order valence-electron chi connectivity index (χ0n) is 16.5. The molecule has 1 aliphatic heterocycles. The summed E-state index contributed by atoms with van der Waals surface area (Å²) in [5, 5.41) is 6.93. The molecule has 2 aliphatic rings. The molecule has 0 aromatic heterocycles. The van der Waals surface area contributed by atoms with Crippen molar-refractivity contribution in [1.29, 1.82) is 0 Å². The molecule has 0 spiro atoms. The molecular formula is C21H32N4O2. The van der Waals surface area contributed by atoms with E-state index in [4.69, 9.17) is 9.73 Å². The van der Waals surface area contributed by atoms with E-state index < -0.39 is 0 Å². The fourth-order valence-corrected chi connectivity index (χ4v) is 3.90. The average molecular weight is 373 g/mol. The second kappa shape index (κ2) is 9.62. The summed E-state index contributed by atoms with van der Waals surface area (Å²) in [5.41, 5.74) is 0.860. The molecule has 148 valence electrons. The number of rotatable bonds is 6. The lowest BCUT2D eigenvalue weighted by Gasteiger charge is -2.29. The van der Waals surface area contributed by atoms with E-state index >= 15 is 0 Å². The van der Waals surface area contributed by atoms with Gasteiger partial charge >= 0.3 is 0 Å². The molecule has 6 heteroatoms. The maximum absolute atomic E-state index is 12.2. The molecule has 1 heterocycles. The van der Waals surface area contributed by atoms with Crippen LogP contribution in [0.25, 0.3) is 0 Å². The number of ether oxygens (including phenoxy) is 1.